The summed E-state index contributed by atoms with van der Waals surface area (Å²) in [4.78, 5) is 16.6. The number of nitrogens with zero attached hydrogens (tertiary/aromatic N) is 2. The predicted octanol–water partition coefficient (Wildman–Crippen LogP) is 4.41. The van der Waals surface area contributed by atoms with Gasteiger partial charge in [0.05, 0.1) is 11.0 Å². The molecule has 0 unspecified atom stereocenters. The fourth-order valence-corrected chi connectivity index (χ4v) is 3.30. The van der Waals surface area contributed by atoms with Gasteiger partial charge in [0.25, 0.3) is 0 Å². The number of para-hydroxylation sites is 2. The highest BCUT2D eigenvalue weighted by Crippen LogP contribution is 2.21. The smallest absolute Gasteiger partial charge is 0.222 e. The van der Waals surface area contributed by atoms with E-state index in [1.165, 1.54) is 22.2 Å². The Kier molecular flexibility index (Phi) is 5.94. The van der Waals surface area contributed by atoms with Crippen molar-refractivity contribution in [3.05, 3.63) is 65.0 Å². The van der Waals surface area contributed by atoms with Crippen molar-refractivity contribution in [1.29, 1.82) is 0 Å². The zero-order chi connectivity index (χ0) is 19.4. The predicted molar refractivity (Wildman–Crippen MR) is 111 cm³/mol. The summed E-state index contributed by atoms with van der Waals surface area (Å²) in [5.41, 5.74) is 6.10. The average Bonchev–Trinajstić information content (AvgIpc) is 2.99. The lowest BCUT2D eigenvalue weighted by molar-refractivity contribution is -0.123. The Morgan fingerprint density at radius 3 is 2.70 bits per heavy atom. The Morgan fingerprint density at radius 1 is 1.15 bits per heavy atom. The Hall–Kier alpha value is -2.62. The van der Waals surface area contributed by atoms with Gasteiger partial charge in [0, 0.05) is 25.4 Å². The van der Waals surface area contributed by atoms with Gasteiger partial charge in [0.1, 0.15) is 5.82 Å². The fourth-order valence-electron chi connectivity index (χ4n) is 3.30. The molecule has 0 aliphatic carbocycles. The third kappa shape index (κ3) is 4.57. The molecule has 3 rings (SSSR count). The van der Waals surface area contributed by atoms with Gasteiger partial charge in [-0.05, 0) is 43.5 Å². The molecule has 0 saturated carbocycles. The van der Waals surface area contributed by atoms with E-state index in [1.807, 2.05) is 19.9 Å². The van der Waals surface area contributed by atoms with Gasteiger partial charge in [0.2, 0.25) is 5.91 Å². The molecule has 0 fully saturated rings. The molecule has 142 valence electrons. The maximum absolute atomic E-state index is 11.7. The lowest BCUT2D eigenvalue weighted by atomic mass is 10.1. The van der Waals surface area contributed by atoms with E-state index in [2.05, 4.69) is 60.1 Å². The van der Waals surface area contributed by atoms with Crippen LogP contribution in [0, 0.1) is 19.8 Å². The van der Waals surface area contributed by atoms with Crippen LogP contribution in [0.15, 0.2) is 42.5 Å². The molecule has 0 atom stereocenters. The van der Waals surface area contributed by atoms with Crippen molar-refractivity contribution in [1.82, 2.24) is 14.9 Å². The molecule has 4 heteroatoms. The van der Waals surface area contributed by atoms with Crippen LogP contribution in [-0.4, -0.2) is 22.0 Å². The molecule has 0 aliphatic rings. The van der Waals surface area contributed by atoms with Gasteiger partial charge in [-0.1, -0.05) is 49.7 Å². The van der Waals surface area contributed by atoms with Gasteiger partial charge in [-0.3, -0.25) is 4.79 Å². The van der Waals surface area contributed by atoms with Crippen molar-refractivity contribution < 1.29 is 4.79 Å². The number of rotatable bonds is 7. The minimum absolute atomic E-state index is 0.0267. The molecule has 2 aromatic carbocycles. The van der Waals surface area contributed by atoms with Gasteiger partial charge in [-0.25, -0.2) is 4.98 Å². The molecule has 3 aromatic rings. The van der Waals surface area contributed by atoms with Crippen LogP contribution >= 0.6 is 0 Å². The number of carbonyl (C=O) groups excluding carboxylic acids is 1. The van der Waals surface area contributed by atoms with Gasteiger partial charge in [-0.15, -0.1) is 0 Å². The summed E-state index contributed by atoms with van der Waals surface area (Å²) >= 11 is 0. The molecular weight excluding hydrogens is 334 g/mol. The van der Waals surface area contributed by atoms with E-state index >= 15 is 0 Å². The van der Waals surface area contributed by atoms with E-state index in [1.54, 1.807) is 0 Å². The third-order valence-electron chi connectivity index (χ3n) is 4.97. The van der Waals surface area contributed by atoms with Crippen molar-refractivity contribution >= 4 is 16.9 Å². The third-order valence-corrected chi connectivity index (χ3v) is 4.97. The first-order chi connectivity index (χ1) is 13.0. The Labute approximate surface area is 161 Å². The van der Waals surface area contributed by atoms with Crippen LogP contribution in [-0.2, 0) is 17.8 Å². The molecule has 1 N–H and O–H groups in total. The average molecular weight is 364 g/mol. The second-order valence-electron chi connectivity index (χ2n) is 7.58. The lowest BCUT2D eigenvalue weighted by Crippen LogP contribution is -2.28. The molecule has 1 aromatic heterocycles. The normalized spacial score (nSPS) is 11.3. The highest BCUT2D eigenvalue weighted by Gasteiger charge is 2.12. The quantitative estimate of drug-likeness (QED) is 0.632. The number of benzene rings is 2. The molecule has 4 nitrogen and oxygen atoms in total. The van der Waals surface area contributed by atoms with Crippen LogP contribution in [0.2, 0.25) is 0 Å². The van der Waals surface area contributed by atoms with Gasteiger partial charge in [0.15, 0.2) is 0 Å². The van der Waals surface area contributed by atoms with Crippen molar-refractivity contribution in [2.45, 2.75) is 47.1 Å². The summed E-state index contributed by atoms with van der Waals surface area (Å²) in [7, 11) is 0. The van der Waals surface area contributed by atoms with Crippen molar-refractivity contribution in [2.24, 2.45) is 5.92 Å². The molecule has 0 radical (unpaired) electrons. The van der Waals surface area contributed by atoms with Crippen LogP contribution in [0.25, 0.3) is 11.0 Å². The standard InChI is InChI=1S/C23H29N3O/c1-16(2)23(27)24-13-7-10-22-25-20-8-5-6-9-21(20)26(22)15-19-14-17(3)11-12-18(19)4/h5-6,8-9,11-12,14,16H,7,10,13,15H2,1-4H3,(H,24,27). The topological polar surface area (TPSA) is 46.9 Å². The number of aryl methyl sites for hydroxylation is 3. The van der Waals surface area contributed by atoms with E-state index < -0.39 is 0 Å². The van der Waals surface area contributed by atoms with Crippen LogP contribution in [0.1, 0.15) is 42.8 Å². The summed E-state index contributed by atoms with van der Waals surface area (Å²) in [6.45, 7) is 9.63. The fraction of sp³-hybridized carbons (Fsp3) is 0.391. The Bertz CT molecular complexity index is 940. The Morgan fingerprint density at radius 2 is 1.93 bits per heavy atom. The van der Waals surface area contributed by atoms with Crippen LogP contribution in [0.4, 0.5) is 0 Å². The summed E-state index contributed by atoms with van der Waals surface area (Å²) in [5, 5.41) is 3.00. The van der Waals surface area contributed by atoms with E-state index in [-0.39, 0.29) is 11.8 Å². The highest BCUT2D eigenvalue weighted by molar-refractivity contribution is 5.77. The first kappa shape index (κ1) is 19.2. The number of carbonyl (C=O) groups is 1. The molecule has 1 amide bonds. The van der Waals surface area contributed by atoms with Crippen LogP contribution in [0.3, 0.4) is 0 Å². The number of imidazole rings is 1. The zero-order valence-corrected chi connectivity index (χ0v) is 16.7. The van der Waals surface area contributed by atoms with Crippen molar-refractivity contribution in [3.63, 3.8) is 0 Å². The zero-order valence-electron chi connectivity index (χ0n) is 16.7. The van der Waals surface area contributed by atoms with E-state index in [0.29, 0.717) is 6.54 Å². The monoisotopic (exact) mass is 363 g/mol. The molecule has 27 heavy (non-hydrogen) atoms. The summed E-state index contributed by atoms with van der Waals surface area (Å²) in [5.74, 6) is 1.22. The Balaban J connectivity index is 1.81. The van der Waals surface area contributed by atoms with Gasteiger partial charge < -0.3 is 9.88 Å². The SMILES string of the molecule is Cc1ccc(C)c(Cn2c(CCCNC(=O)C(C)C)nc3ccccc32)c1. The van der Waals surface area contributed by atoms with E-state index in [0.717, 1.165) is 30.7 Å². The van der Waals surface area contributed by atoms with Crippen molar-refractivity contribution in [3.8, 4) is 0 Å². The van der Waals surface area contributed by atoms with Crippen LogP contribution in [0.5, 0.6) is 0 Å². The maximum Gasteiger partial charge on any atom is 0.222 e. The van der Waals surface area contributed by atoms with Gasteiger partial charge >= 0.3 is 0 Å². The first-order valence-corrected chi connectivity index (χ1v) is 9.73. The number of nitrogens with one attached hydrogen (secondary N) is 1. The minimum atomic E-state index is 0.0267. The summed E-state index contributed by atoms with van der Waals surface area (Å²) in [6, 6.07) is 14.9. The molecule has 0 saturated heterocycles. The molecule has 0 spiro atoms. The number of fused-ring (bicyclic) bond motifs is 1. The number of aromatic nitrogens is 2. The number of hydrogen-bond acceptors (Lipinski definition) is 2. The maximum atomic E-state index is 11.7. The largest absolute Gasteiger partial charge is 0.356 e. The second kappa shape index (κ2) is 8.38. The van der Waals surface area contributed by atoms with Crippen LogP contribution < -0.4 is 5.32 Å². The molecule has 0 aliphatic heterocycles. The number of hydrogen-bond donors (Lipinski definition) is 1. The molecular formula is C23H29N3O. The van der Waals surface area contributed by atoms with Crippen molar-refractivity contribution in [2.75, 3.05) is 6.54 Å². The number of amides is 1. The molecule has 0 bridgehead atoms. The van der Waals surface area contributed by atoms with E-state index in [4.69, 9.17) is 4.98 Å². The minimum Gasteiger partial charge on any atom is -0.356 e. The summed E-state index contributed by atoms with van der Waals surface area (Å²) < 4.78 is 2.32. The lowest BCUT2D eigenvalue weighted by Gasteiger charge is -2.13. The first-order valence-electron chi connectivity index (χ1n) is 9.73. The second-order valence-corrected chi connectivity index (χ2v) is 7.58. The summed E-state index contributed by atoms with van der Waals surface area (Å²) in [6.07, 6.45) is 1.73. The van der Waals surface area contributed by atoms with Gasteiger partial charge in [-0.2, -0.15) is 0 Å². The molecule has 1 heterocycles. The highest BCUT2D eigenvalue weighted by atomic mass is 16.1. The van der Waals surface area contributed by atoms with E-state index in [9.17, 15) is 4.79 Å².